The first-order chi connectivity index (χ1) is 7.74. The number of nitrogens with zero attached hydrogens (tertiary/aromatic N) is 1. The molecule has 0 spiro atoms. The Bertz CT molecular complexity index is 240. The molecule has 1 aliphatic heterocycles. The molecule has 0 bridgehead atoms. The second kappa shape index (κ2) is 5.64. The van der Waals surface area contributed by atoms with E-state index in [2.05, 4.69) is 22.6 Å². The summed E-state index contributed by atoms with van der Waals surface area (Å²) in [5.74, 6) is 0.795. The van der Waals surface area contributed by atoms with E-state index in [1.807, 2.05) is 0 Å². The van der Waals surface area contributed by atoms with E-state index in [9.17, 15) is 4.79 Å². The van der Waals surface area contributed by atoms with Crippen molar-refractivity contribution in [2.75, 3.05) is 33.2 Å². The van der Waals surface area contributed by atoms with Gasteiger partial charge in [0.1, 0.15) is 0 Å². The standard InChI is InChI=1S/C12H23N3O/c1-15-6-2-3-10(9-15)7-14-12(16)8-13-11-4-5-11/h10-11,13H,2-9H2,1H3,(H,14,16). The Morgan fingerprint density at radius 3 is 2.88 bits per heavy atom. The van der Waals surface area contributed by atoms with Crippen LogP contribution in [0, 0.1) is 5.92 Å². The van der Waals surface area contributed by atoms with Crippen LogP contribution in [0.1, 0.15) is 25.7 Å². The number of rotatable bonds is 5. The molecule has 1 atom stereocenters. The lowest BCUT2D eigenvalue weighted by Crippen LogP contribution is -2.41. The molecule has 4 heteroatoms. The van der Waals surface area contributed by atoms with Gasteiger partial charge in [0.05, 0.1) is 6.54 Å². The van der Waals surface area contributed by atoms with E-state index in [1.165, 1.54) is 32.2 Å². The van der Waals surface area contributed by atoms with Gasteiger partial charge in [0.15, 0.2) is 0 Å². The van der Waals surface area contributed by atoms with Gasteiger partial charge in [-0.25, -0.2) is 0 Å². The summed E-state index contributed by atoms with van der Waals surface area (Å²) in [7, 11) is 2.16. The van der Waals surface area contributed by atoms with Crippen molar-refractivity contribution in [2.24, 2.45) is 5.92 Å². The average molecular weight is 225 g/mol. The van der Waals surface area contributed by atoms with E-state index >= 15 is 0 Å². The summed E-state index contributed by atoms with van der Waals surface area (Å²) in [5.41, 5.74) is 0. The fourth-order valence-corrected chi connectivity index (χ4v) is 2.29. The van der Waals surface area contributed by atoms with E-state index in [-0.39, 0.29) is 5.91 Å². The molecule has 1 unspecified atom stereocenters. The summed E-state index contributed by atoms with van der Waals surface area (Å²) < 4.78 is 0. The van der Waals surface area contributed by atoms with Gasteiger partial charge in [0, 0.05) is 19.1 Å². The summed E-state index contributed by atoms with van der Waals surface area (Å²) in [4.78, 5) is 13.9. The van der Waals surface area contributed by atoms with Crippen molar-refractivity contribution in [1.29, 1.82) is 0 Å². The van der Waals surface area contributed by atoms with Crippen molar-refractivity contribution in [1.82, 2.24) is 15.5 Å². The molecule has 16 heavy (non-hydrogen) atoms. The third-order valence-electron chi connectivity index (χ3n) is 3.44. The monoisotopic (exact) mass is 225 g/mol. The van der Waals surface area contributed by atoms with Crippen LogP contribution in [-0.4, -0.2) is 50.1 Å². The number of hydrogen-bond acceptors (Lipinski definition) is 3. The molecule has 1 aliphatic carbocycles. The predicted molar refractivity (Wildman–Crippen MR) is 64.3 cm³/mol. The lowest BCUT2D eigenvalue weighted by Gasteiger charge is -2.29. The first-order valence-electron chi connectivity index (χ1n) is 6.42. The summed E-state index contributed by atoms with van der Waals surface area (Å²) in [6, 6.07) is 0.617. The zero-order valence-electron chi connectivity index (χ0n) is 10.2. The van der Waals surface area contributed by atoms with Crippen LogP contribution in [0.3, 0.4) is 0 Å². The van der Waals surface area contributed by atoms with Crippen molar-refractivity contribution < 1.29 is 4.79 Å². The van der Waals surface area contributed by atoms with Gasteiger partial charge in [-0.05, 0) is 45.2 Å². The Hall–Kier alpha value is -0.610. The van der Waals surface area contributed by atoms with Crippen molar-refractivity contribution >= 4 is 5.91 Å². The minimum absolute atomic E-state index is 0.153. The molecular weight excluding hydrogens is 202 g/mol. The first-order valence-corrected chi connectivity index (χ1v) is 6.42. The highest BCUT2D eigenvalue weighted by molar-refractivity contribution is 5.78. The van der Waals surface area contributed by atoms with Crippen LogP contribution in [0.4, 0.5) is 0 Å². The van der Waals surface area contributed by atoms with E-state index in [0.29, 0.717) is 18.5 Å². The van der Waals surface area contributed by atoms with Gasteiger partial charge in [-0.3, -0.25) is 4.79 Å². The van der Waals surface area contributed by atoms with Crippen LogP contribution in [0.5, 0.6) is 0 Å². The van der Waals surface area contributed by atoms with E-state index in [1.54, 1.807) is 0 Å². The van der Waals surface area contributed by atoms with Crippen LogP contribution >= 0.6 is 0 Å². The molecule has 2 aliphatic rings. The maximum atomic E-state index is 11.5. The van der Waals surface area contributed by atoms with Gasteiger partial charge in [0.2, 0.25) is 5.91 Å². The van der Waals surface area contributed by atoms with Crippen LogP contribution in [0.2, 0.25) is 0 Å². The van der Waals surface area contributed by atoms with Crippen molar-refractivity contribution in [3.63, 3.8) is 0 Å². The predicted octanol–water partition coefficient (Wildman–Crippen LogP) is 0.196. The molecule has 1 saturated carbocycles. The summed E-state index contributed by atoms with van der Waals surface area (Å²) in [5, 5.41) is 6.26. The molecule has 1 amide bonds. The molecule has 2 fully saturated rings. The van der Waals surface area contributed by atoms with Crippen molar-refractivity contribution in [3.8, 4) is 0 Å². The molecule has 2 N–H and O–H groups in total. The molecule has 0 aromatic rings. The topological polar surface area (TPSA) is 44.4 Å². The lowest BCUT2D eigenvalue weighted by molar-refractivity contribution is -0.120. The highest BCUT2D eigenvalue weighted by Crippen LogP contribution is 2.18. The number of carbonyl (C=O) groups is 1. The van der Waals surface area contributed by atoms with E-state index in [0.717, 1.165) is 13.1 Å². The highest BCUT2D eigenvalue weighted by Gasteiger charge is 2.21. The molecule has 92 valence electrons. The summed E-state index contributed by atoms with van der Waals surface area (Å²) in [6.45, 7) is 3.66. The number of hydrogen-bond donors (Lipinski definition) is 2. The lowest BCUT2D eigenvalue weighted by atomic mass is 9.98. The van der Waals surface area contributed by atoms with Gasteiger partial charge in [-0.1, -0.05) is 0 Å². The molecule has 0 aromatic carbocycles. The Kier molecular flexibility index (Phi) is 4.18. The second-order valence-electron chi connectivity index (χ2n) is 5.23. The van der Waals surface area contributed by atoms with Crippen LogP contribution < -0.4 is 10.6 Å². The van der Waals surface area contributed by atoms with E-state index in [4.69, 9.17) is 0 Å². The second-order valence-corrected chi connectivity index (χ2v) is 5.23. The maximum absolute atomic E-state index is 11.5. The van der Waals surface area contributed by atoms with Gasteiger partial charge in [-0.2, -0.15) is 0 Å². The smallest absolute Gasteiger partial charge is 0.233 e. The minimum atomic E-state index is 0.153. The Labute approximate surface area is 97.8 Å². The SMILES string of the molecule is CN1CCCC(CNC(=O)CNC2CC2)C1. The maximum Gasteiger partial charge on any atom is 0.233 e. The molecule has 0 radical (unpaired) electrons. The summed E-state index contributed by atoms with van der Waals surface area (Å²) in [6.07, 6.45) is 4.99. The van der Waals surface area contributed by atoms with Gasteiger partial charge in [0.25, 0.3) is 0 Å². The van der Waals surface area contributed by atoms with Crippen molar-refractivity contribution in [3.05, 3.63) is 0 Å². The minimum Gasteiger partial charge on any atom is -0.355 e. The normalized spacial score (nSPS) is 26.7. The van der Waals surface area contributed by atoms with Crippen LogP contribution in [-0.2, 0) is 4.79 Å². The number of nitrogens with one attached hydrogen (secondary N) is 2. The first kappa shape index (κ1) is 11.9. The Morgan fingerprint density at radius 2 is 2.19 bits per heavy atom. The molecule has 4 nitrogen and oxygen atoms in total. The van der Waals surface area contributed by atoms with Gasteiger partial charge in [-0.15, -0.1) is 0 Å². The Morgan fingerprint density at radius 1 is 1.38 bits per heavy atom. The number of piperidine rings is 1. The molecule has 1 heterocycles. The fourth-order valence-electron chi connectivity index (χ4n) is 2.29. The molecular formula is C12H23N3O. The quantitative estimate of drug-likeness (QED) is 0.702. The highest BCUT2D eigenvalue weighted by atomic mass is 16.1. The zero-order chi connectivity index (χ0) is 11.4. The number of amides is 1. The fraction of sp³-hybridized carbons (Fsp3) is 0.917. The van der Waals surface area contributed by atoms with E-state index < -0.39 is 0 Å². The summed E-state index contributed by atoms with van der Waals surface area (Å²) >= 11 is 0. The zero-order valence-corrected chi connectivity index (χ0v) is 10.2. The van der Waals surface area contributed by atoms with Crippen LogP contribution in [0.25, 0.3) is 0 Å². The largest absolute Gasteiger partial charge is 0.355 e. The van der Waals surface area contributed by atoms with Gasteiger partial charge < -0.3 is 15.5 Å². The molecule has 0 aromatic heterocycles. The molecule has 2 rings (SSSR count). The third kappa shape index (κ3) is 4.10. The van der Waals surface area contributed by atoms with Gasteiger partial charge >= 0.3 is 0 Å². The number of likely N-dealkylation sites (tertiary alicyclic amines) is 1. The third-order valence-corrected chi connectivity index (χ3v) is 3.44. The molecule has 1 saturated heterocycles. The average Bonchev–Trinajstić information content (AvgIpc) is 3.07. The van der Waals surface area contributed by atoms with Crippen LogP contribution in [0.15, 0.2) is 0 Å². The Balaban J connectivity index is 1.56. The number of carbonyl (C=O) groups excluding carboxylic acids is 1. The van der Waals surface area contributed by atoms with Crippen molar-refractivity contribution in [2.45, 2.75) is 31.7 Å².